The van der Waals surface area contributed by atoms with E-state index in [1.165, 1.54) is 6.33 Å². The zero-order valence-electron chi connectivity index (χ0n) is 13.0. The first-order valence-electron chi connectivity index (χ1n) is 7.44. The molecular formula is C14H19N5O4. The Labute approximate surface area is 132 Å². The van der Waals surface area contributed by atoms with Gasteiger partial charge in [0, 0.05) is 20.6 Å². The third-order valence-electron chi connectivity index (χ3n) is 4.59. The van der Waals surface area contributed by atoms with E-state index < -0.39 is 11.8 Å². The quantitative estimate of drug-likeness (QED) is 0.846. The highest BCUT2D eigenvalue weighted by Gasteiger charge is 2.59. The summed E-state index contributed by atoms with van der Waals surface area (Å²) >= 11 is 0. The zero-order valence-corrected chi connectivity index (χ0v) is 13.0. The number of anilines is 1. The minimum absolute atomic E-state index is 0.224. The van der Waals surface area contributed by atoms with Crippen molar-refractivity contribution in [1.29, 1.82) is 0 Å². The minimum atomic E-state index is -0.535. The minimum Gasteiger partial charge on any atom is -0.382 e. The summed E-state index contributed by atoms with van der Waals surface area (Å²) in [6, 6.07) is 0. The van der Waals surface area contributed by atoms with Crippen LogP contribution in [0.3, 0.4) is 0 Å². The number of nitrogen functional groups attached to an aromatic ring is 1. The number of aromatic nitrogens is 4. The summed E-state index contributed by atoms with van der Waals surface area (Å²) < 4.78 is 25.2. The van der Waals surface area contributed by atoms with Crippen molar-refractivity contribution in [3.8, 4) is 0 Å². The Morgan fingerprint density at radius 1 is 1.39 bits per heavy atom. The van der Waals surface area contributed by atoms with Crippen LogP contribution in [0.5, 0.6) is 0 Å². The first-order chi connectivity index (χ1) is 11.2. The predicted octanol–water partition coefficient (Wildman–Crippen LogP) is 0.126. The topological polar surface area (TPSA) is 107 Å². The Hall–Kier alpha value is -1.81. The first kappa shape index (κ1) is 14.8. The van der Waals surface area contributed by atoms with Gasteiger partial charge in [-0.1, -0.05) is 0 Å². The van der Waals surface area contributed by atoms with E-state index in [-0.39, 0.29) is 12.2 Å². The average Bonchev–Trinajstić information content (AvgIpc) is 3.04. The Kier molecular flexibility index (Phi) is 3.45. The van der Waals surface area contributed by atoms with Crippen LogP contribution in [0.25, 0.3) is 11.2 Å². The van der Waals surface area contributed by atoms with Gasteiger partial charge in [0.05, 0.1) is 19.5 Å². The summed E-state index contributed by atoms with van der Waals surface area (Å²) in [5, 5.41) is 0. The molecule has 4 atom stereocenters. The third kappa shape index (κ3) is 2.04. The maximum absolute atomic E-state index is 6.36. The number of ether oxygens (including phenoxy) is 4. The van der Waals surface area contributed by atoms with E-state index in [1.54, 1.807) is 20.5 Å². The van der Waals surface area contributed by atoms with Crippen molar-refractivity contribution in [2.45, 2.75) is 30.5 Å². The largest absolute Gasteiger partial charge is 0.382 e. The lowest BCUT2D eigenvalue weighted by atomic mass is 9.90. The van der Waals surface area contributed by atoms with Gasteiger partial charge in [0.2, 0.25) is 0 Å². The van der Waals surface area contributed by atoms with Crippen LogP contribution in [-0.2, 0) is 18.9 Å². The van der Waals surface area contributed by atoms with Gasteiger partial charge in [0.1, 0.15) is 29.7 Å². The normalized spacial score (nSPS) is 33.4. The monoisotopic (exact) mass is 321 g/mol. The summed E-state index contributed by atoms with van der Waals surface area (Å²) in [4.78, 5) is 12.5. The van der Waals surface area contributed by atoms with Crippen LogP contribution >= 0.6 is 0 Å². The van der Waals surface area contributed by atoms with Crippen LogP contribution in [0.15, 0.2) is 12.7 Å². The Bertz CT molecular complexity index is 718. The van der Waals surface area contributed by atoms with Crippen molar-refractivity contribution in [2.24, 2.45) is 0 Å². The van der Waals surface area contributed by atoms with E-state index in [4.69, 9.17) is 24.7 Å². The molecule has 2 saturated heterocycles. The van der Waals surface area contributed by atoms with Crippen LogP contribution < -0.4 is 5.73 Å². The van der Waals surface area contributed by atoms with E-state index in [0.29, 0.717) is 36.6 Å². The second-order valence-corrected chi connectivity index (χ2v) is 5.83. The van der Waals surface area contributed by atoms with Crippen molar-refractivity contribution >= 4 is 17.0 Å². The highest BCUT2D eigenvalue weighted by molar-refractivity contribution is 5.81. The fourth-order valence-electron chi connectivity index (χ4n) is 3.62. The van der Waals surface area contributed by atoms with E-state index in [2.05, 4.69) is 15.0 Å². The summed E-state index contributed by atoms with van der Waals surface area (Å²) in [6.07, 6.45) is 2.87. The van der Waals surface area contributed by atoms with Crippen LogP contribution in [0.2, 0.25) is 0 Å². The zero-order chi connectivity index (χ0) is 16.0. The molecule has 2 aromatic heterocycles. The molecule has 0 amide bonds. The van der Waals surface area contributed by atoms with Crippen LogP contribution in [0.4, 0.5) is 5.82 Å². The van der Waals surface area contributed by atoms with E-state index in [9.17, 15) is 0 Å². The molecule has 9 heteroatoms. The summed E-state index contributed by atoms with van der Waals surface area (Å²) in [7, 11) is 3.32. The predicted molar refractivity (Wildman–Crippen MR) is 79.6 cm³/mol. The van der Waals surface area contributed by atoms with Gasteiger partial charge in [0.25, 0.3) is 0 Å². The molecule has 0 aliphatic carbocycles. The van der Waals surface area contributed by atoms with Crippen LogP contribution in [0, 0.1) is 0 Å². The lowest BCUT2D eigenvalue weighted by molar-refractivity contribution is -0.159. The summed E-state index contributed by atoms with van der Waals surface area (Å²) in [6.45, 7) is 1.03. The van der Waals surface area contributed by atoms with Crippen LogP contribution in [0.1, 0.15) is 12.6 Å². The van der Waals surface area contributed by atoms with E-state index >= 15 is 0 Å². The fraction of sp³-hybridized carbons (Fsp3) is 0.643. The molecule has 2 aliphatic rings. The van der Waals surface area contributed by atoms with Crippen LogP contribution in [-0.4, -0.2) is 64.8 Å². The number of nitrogens with two attached hydrogens (primary N) is 1. The molecule has 2 unspecified atom stereocenters. The Morgan fingerprint density at radius 3 is 3.04 bits per heavy atom. The molecule has 0 saturated carbocycles. The SMILES string of the molecule is COC[C@]12CCOC(C1OC)[C@H](n1cnc3c(N)ncnc31)O2. The maximum Gasteiger partial charge on any atom is 0.167 e. The molecule has 2 N–H and O–H groups in total. The fourth-order valence-corrected chi connectivity index (χ4v) is 3.62. The first-order valence-corrected chi connectivity index (χ1v) is 7.44. The summed E-state index contributed by atoms with van der Waals surface area (Å²) in [5.74, 6) is 0.338. The van der Waals surface area contributed by atoms with Gasteiger partial charge in [0.15, 0.2) is 17.7 Å². The van der Waals surface area contributed by atoms with Crippen molar-refractivity contribution in [3.05, 3.63) is 12.7 Å². The number of rotatable bonds is 4. The molecule has 2 bridgehead atoms. The molecule has 0 spiro atoms. The second kappa shape index (κ2) is 5.38. The molecule has 0 aromatic carbocycles. The lowest BCUT2D eigenvalue weighted by Crippen LogP contribution is -2.52. The third-order valence-corrected chi connectivity index (χ3v) is 4.59. The number of nitrogens with zero attached hydrogens (tertiary/aromatic N) is 4. The molecule has 2 aliphatic heterocycles. The van der Waals surface area contributed by atoms with Gasteiger partial charge in [-0.25, -0.2) is 15.0 Å². The smallest absolute Gasteiger partial charge is 0.167 e. The molecule has 23 heavy (non-hydrogen) atoms. The Morgan fingerprint density at radius 2 is 2.26 bits per heavy atom. The molecule has 9 nitrogen and oxygen atoms in total. The number of hydrogen-bond donors (Lipinski definition) is 1. The highest BCUT2D eigenvalue weighted by Crippen LogP contribution is 2.46. The molecule has 2 fully saturated rings. The lowest BCUT2D eigenvalue weighted by Gasteiger charge is -2.37. The van der Waals surface area contributed by atoms with Gasteiger partial charge < -0.3 is 24.7 Å². The van der Waals surface area contributed by atoms with E-state index in [0.717, 1.165) is 0 Å². The van der Waals surface area contributed by atoms with E-state index in [1.807, 2.05) is 4.57 Å². The molecule has 4 heterocycles. The van der Waals surface area contributed by atoms with Gasteiger partial charge in [-0.3, -0.25) is 4.57 Å². The number of fused-ring (bicyclic) bond motifs is 3. The average molecular weight is 321 g/mol. The van der Waals surface area contributed by atoms with Crippen molar-refractivity contribution in [2.75, 3.05) is 33.2 Å². The molecule has 4 rings (SSSR count). The van der Waals surface area contributed by atoms with Gasteiger partial charge >= 0.3 is 0 Å². The van der Waals surface area contributed by atoms with Gasteiger partial charge in [-0.2, -0.15) is 0 Å². The molecule has 2 aromatic rings. The Balaban J connectivity index is 1.78. The number of imidazole rings is 1. The molecular weight excluding hydrogens is 302 g/mol. The van der Waals surface area contributed by atoms with Crippen molar-refractivity contribution in [1.82, 2.24) is 19.5 Å². The molecule has 124 valence electrons. The maximum atomic E-state index is 6.36. The van der Waals surface area contributed by atoms with Crippen molar-refractivity contribution < 1.29 is 18.9 Å². The van der Waals surface area contributed by atoms with Gasteiger partial charge in [-0.05, 0) is 0 Å². The highest BCUT2D eigenvalue weighted by atomic mass is 16.6. The van der Waals surface area contributed by atoms with Gasteiger partial charge in [-0.15, -0.1) is 0 Å². The standard InChI is InChI=1S/C14H19N5O4/c1-20-5-14-3-4-22-9(10(14)21-2)13(23-14)19-7-18-8-11(15)16-6-17-12(8)19/h6-7,9-10,13H,3-5H2,1-2H3,(H2,15,16,17)/t9?,10?,13-,14-/m1/s1. The van der Waals surface area contributed by atoms with Crippen molar-refractivity contribution in [3.63, 3.8) is 0 Å². The number of methoxy groups -OCH3 is 2. The second-order valence-electron chi connectivity index (χ2n) is 5.83. The number of hydrogen-bond acceptors (Lipinski definition) is 8. The summed E-state index contributed by atoms with van der Waals surface area (Å²) in [5.41, 5.74) is 6.48. The molecule has 0 radical (unpaired) electrons.